The normalized spacial score (nSPS) is 11.0. The molecule has 0 saturated carbocycles. The summed E-state index contributed by atoms with van der Waals surface area (Å²) in [5.41, 5.74) is 7.81. The lowest BCUT2D eigenvalue weighted by Gasteiger charge is -2.13. The van der Waals surface area contributed by atoms with E-state index in [4.69, 9.17) is 9.97 Å². The zero-order valence-electron chi connectivity index (χ0n) is 19.6. The van der Waals surface area contributed by atoms with E-state index in [0.29, 0.717) is 6.42 Å². The molecule has 0 atom stereocenters. The van der Waals surface area contributed by atoms with E-state index in [-0.39, 0.29) is 5.82 Å². The SMILES string of the molecule is Fc1ccc(-c2cc(Cc3nc(-c4ccccc4)cc4ccccc34)nc(-c3ccccc3)c2)cc1. The highest BCUT2D eigenvalue weighted by atomic mass is 19.1. The first kappa shape index (κ1) is 21.9. The average molecular weight is 467 g/mol. The molecule has 36 heavy (non-hydrogen) atoms. The van der Waals surface area contributed by atoms with Crippen LogP contribution in [0.5, 0.6) is 0 Å². The number of nitrogens with zero attached hydrogens (tertiary/aromatic N) is 2. The summed E-state index contributed by atoms with van der Waals surface area (Å²) in [4.78, 5) is 10.1. The highest BCUT2D eigenvalue weighted by Gasteiger charge is 2.12. The van der Waals surface area contributed by atoms with Crippen molar-refractivity contribution in [3.63, 3.8) is 0 Å². The van der Waals surface area contributed by atoms with Gasteiger partial charge in [-0.25, -0.2) is 4.39 Å². The minimum atomic E-state index is -0.246. The monoisotopic (exact) mass is 466 g/mol. The molecule has 172 valence electrons. The third-order valence-corrected chi connectivity index (χ3v) is 6.36. The van der Waals surface area contributed by atoms with E-state index in [2.05, 4.69) is 60.7 Å². The van der Waals surface area contributed by atoms with Gasteiger partial charge in [-0.2, -0.15) is 0 Å². The summed E-state index contributed by atoms with van der Waals surface area (Å²) in [5.74, 6) is -0.246. The van der Waals surface area contributed by atoms with Gasteiger partial charge in [0.05, 0.1) is 17.1 Å². The summed E-state index contributed by atoms with van der Waals surface area (Å²) in [6.45, 7) is 0. The van der Waals surface area contributed by atoms with Gasteiger partial charge in [-0.3, -0.25) is 9.97 Å². The molecule has 0 aliphatic heterocycles. The molecule has 0 aliphatic rings. The Bertz CT molecular complexity index is 1640. The van der Waals surface area contributed by atoms with Gasteiger partial charge >= 0.3 is 0 Å². The smallest absolute Gasteiger partial charge is 0.123 e. The molecule has 0 unspecified atom stereocenters. The van der Waals surface area contributed by atoms with Gasteiger partial charge in [-0.05, 0) is 46.8 Å². The highest BCUT2D eigenvalue weighted by Crippen LogP contribution is 2.30. The van der Waals surface area contributed by atoms with Crippen molar-refractivity contribution in [3.8, 4) is 33.6 Å². The Hall–Kier alpha value is -4.63. The lowest BCUT2D eigenvalue weighted by atomic mass is 9.99. The van der Waals surface area contributed by atoms with Crippen LogP contribution in [0.1, 0.15) is 11.4 Å². The van der Waals surface area contributed by atoms with E-state index < -0.39 is 0 Å². The van der Waals surface area contributed by atoms with Crippen molar-refractivity contribution in [2.75, 3.05) is 0 Å². The molecule has 0 spiro atoms. The molecule has 0 N–H and O–H groups in total. The van der Waals surface area contributed by atoms with E-state index in [0.717, 1.165) is 55.8 Å². The van der Waals surface area contributed by atoms with Crippen LogP contribution in [-0.2, 0) is 6.42 Å². The summed E-state index contributed by atoms with van der Waals surface area (Å²) in [6, 6.07) is 41.7. The molecule has 4 aromatic carbocycles. The fraction of sp³-hybridized carbons (Fsp3) is 0.0303. The Balaban J connectivity index is 1.50. The van der Waals surface area contributed by atoms with Crippen molar-refractivity contribution >= 4 is 10.8 Å². The van der Waals surface area contributed by atoms with Crippen molar-refractivity contribution in [1.82, 2.24) is 9.97 Å². The molecule has 0 radical (unpaired) electrons. The zero-order chi connectivity index (χ0) is 24.3. The molecule has 6 rings (SSSR count). The number of fused-ring (bicyclic) bond motifs is 1. The van der Waals surface area contributed by atoms with Gasteiger partial charge < -0.3 is 0 Å². The number of hydrogen-bond acceptors (Lipinski definition) is 2. The first-order chi connectivity index (χ1) is 17.7. The summed E-state index contributed by atoms with van der Waals surface area (Å²) < 4.78 is 13.6. The van der Waals surface area contributed by atoms with Crippen LogP contribution in [0, 0.1) is 5.82 Å². The Morgan fingerprint density at radius 1 is 0.500 bits per heavy atom. The van der Waals surface area contributed by atoms with Gasteiger partial charge in [0.25, 0.3) is 0 Å². The van der Waals surface area contributed by atoms with E-state index in [1.54, 1.807) is 0 Å². The standard InChI is InChI=1S/C33H23FN2/c34-28-17-15-23(16-18-28)27-19-29(35-31(21-27)24-9-3-1-4-10-24)22-33-30-14-8-7-13-26(30)20-32(36-33)25-11-5-2-6-12-25/h1-21H,22H2. The molecule has 2 heterocycles. The largest absolute Gasteiger partial charge is 0.252 e. The summed E-state index contributed by atoms with van der Waals surface area (Å²) >= 11 is 0. The maximum Gasteiger partial charge on any atom is 0.123 e. The molecule has 2 aromatic heterocycles. The number of halogens is 1. The fourth-order valence-electron chi connectivity index (χ4n) is 4.58. The third-order valence-electron chi connectivity index (χ3n) is 6.36. The molecule has 0 saturated heterocycles. The maximum absolute atomic E-state index is 13.6. The second kappa shape index (κ2) is 9.55. The van der Waals surface area contributed by atoms with Gasteiger partial charge in [0.2, 0.25) is 0 Å². The quantitative estimate of drug-likeness (QED) is 0.255. The molecule has 0 amide bonds. The van der Waals surface area contributed by atoms with Gasteiger partial charge in [0, 0.05) is 28.6 Å². The summed E-state index contributed by atoms with van der Waals surface area (Å²) in [5, 5.41) is 2.27. The average Bonchev–Trinajstić information content (AvgIpc) is 2.94. The highest BCUT2D eigenvalue weighted by molar-refractivity contribution is 5.88. The van der Waals surface area contributed by atoms with Gasteiger partial charge in [0.15, 0.2) is 0 Å². The minimum Gasteiger partial charge on any atom is -0.252 e. The molecular weight excluding hydrogens is 443 g/mol. The van der Waals surface area contributed by atoms with Crippen LogP contribution in [0.3, 0.4) is 0 Å². The van der Waals surface area contributed by atoms with E-state index >= 15 is 0 Å². The van der Waals surface area contributed by atoms with Crippen LogP contribution in [0.4, 0.5) is 4.39 Å². The molecule has 3 heteroatoms. The third kappa shape index (κ3) is 4.51. The number of pyridine rings is 2. The van der Waals surface area contributed by atoms with Crippen molar-refractivity contribution < 1.29 is 4.39 Å². The molecule has 0 bridgehead atoms. The van der Waals surface area contributed by atoms with Crippen LogP contribution >= 0.6 is 0 Å². The van der Waals surface area contributed by atoms with E-state index in [1.807, 2.05) is 54.6 Å². The Labute approximate surface area is 209 Å². The topological polar surface area (TPSA) is 25.8 Å². The lowest BCUT2D eigenvalue weighted by molar-refractivity contribution is 0.628. The van der Waals surface area contributed by atoms with Crippen LogP contribution in [-0.4, -0.2) is 9.97 Å². The summed E-state index contributed by atoms with van der Waals surface area (Å²) in [7, 11) is 0. The lowest BCUT2D eigenvalue weighted by Crippen LogP contribution is -2.00. The van der Waals surface area contributed by atoms with Crippen LogP contribution < -0.4 is 0 Å². The second-order valence-electron chi connectivity index (χ2n) is 8.82. The van der Waals surface area contributed by atoms with Crippen molar-refractivity contribution in [3.05, 3.63) is 145 Å². The van der Waals surface area contributed by atoms with Crippen LogP contribution in [0.15, 0.2) is 127 Å². The summed E-state index contributed by atoms with van der Waals surface area (Å²) in [6.07, 6.45) is 0.579. The van der Waals surface area contributed by atoms with Crippen molar-refractivity contribution in [2.24, 2.45) is 0 Å². The molecule has 6 aromatic rings. The van der Waals surface area contributed by atoms with Gasteiger partial charge in [0.1, 0.15) is 5.82 Å². The Kier molecular flexibility index (Phi) is 5.80. The molecule has 0 aliphatic carbocycles. The van der Waals surface area contributed by atoms with E-state index in [1.165, 1.54) is 12.1 Å². The number of rotatable bonds is 5. The Morgan fingerprint density at radius 3 is 1.81 bits per heavy atom. The van der Waals surface area contributed by atoms with Crippen molar-refractivity contribution in [1.29, 1.82) is 0 Å². The van der Waals surface area contributed by atoms with Gasteiger partial charge in [-0.15, -0.1) is 0 Å². The Morgan fingerprint density at radius 2 is 1.11 bits per heavy atom. The minimum absolute atomic E-state index is 0.246. The molecule has 2 nitrogen and oxygen atoms in total. The first-order valence-corrected chi connectivity index (χ1v) is 12.0. The predicted octanol–water partition coefficient (Wildman–Crippen LogP) is 8.36. The fourth-order valence-corrected chi connectivity index (χ4v) is 4.58. The number of aromatic nitrogens is 2. The first-order valence-electron chi connectivity index (χ1n) is 12.0. The maximum atomic E-state index is 13.6. The predicted molar refractivity (Wildman–Crippen MR) is 145 cm³/mol. The van der Waals surface area contributed by atoms with Crippen LogP contribution in [0.25, 0.3) is 44.4 Å². The van der Waals surface area contributed by atoms with Crippen molar-refractivity contribution in [2.45, 2.75) is 6.42 Å². The van der Waals surface area contributed by atoms with E-state index in [9.17, 15) is 4.39 Å². The zero-order valence-corrected chi connectivity index (χ0v) is 19.6. The van der Waals surface area contributed by atoms with Gasteiger partial charge in [-0.1, -0.05) is 97.1 Å². The number of hydrogen-bond donors (Lipinski definition) is 0. The number of benzene rings is 4. The molecular formula is C33H23FN2. The van der Waals surface area contributed by atoms with Crippen LogP contribution in [0.2, 0.25) is 0 Å². The second-order valence-corrected chi connectivity index (χ2v) is 8.82. The molecule has 0 fully saturated rings.